The Kier molecular flexibility index (Phi) is 4.49. The molecule has 1 aliphatic rings. The van der Waals surface area contributed by atoms with Crippen LogP contribution in [-0.2, 0) is 11.2 Å². The second-order valence-electron chi connectivity index (χ2n) is 5.46. The van der Waals surface area contributed by atoms with Crippen molar-refractivity contribution in [1.82, 2.24) is 0 Å². The summed E-state index contributed by atoms with van der Waals surface area (Å²) in [6.45, 7) is 5.99. The fourth-order valence-electron chi connectivity index (χ4n) is 2.29. The van der Waals surface area contributed by atoms with Crippen molar-refractivity contribution in [3.8, 4) is 0 Å². The van der Waals surface area contributed by atoms with Crippen LogP contribution in [0.3, 0.4) is 0 Å². The zero-order chi connectivity index (χ0) is 14.9. The van der Waals surface area contributed by atoms with E-state index in [0.29, 0.717) is 18.0 Å². The first-order chi connectivity index (χ1) is 9.43. The van der Waals surface area contributed by atoms with Crippen molar-refractivity contribution in [2.24, 2.45) is 0 Å². The molecule has 0 aliphatic heterocycles. The van der Waals surface area contributed by atoms with E-state index >= 15 is 0 Å². The lowest BCUT2D eigenvalue weighted by molar-refractivity contribution is -0.132. The van der Waals surface area contributed by atoms with E-state index in [1.165, 1.54) is 24.0 Å². The standard InChI is InChI=1S/C16H22NO2P/c1-4-11(16(18)19)7-12-8-14(20)9(2)10(3)15(12)17-13-5-6-13/h4,8,13,17H,5-7,20H2,1-3H3,(H,18,19)/b11-4+. The first-order valence-corrected chi connectivity index (χ1v) is 7.55. The molecule has 0 spiro atoms. The fraction of sp³-hybridized carbons (Fsp3) is 0.438. The van der Waals surface area contributed by atoms with E-state index in [9.17, 15) is 9.90 Å². The summed E-state index contributed by atoms with van der Waals surface area (Å²) < 4.78 is 0. The molecular formula is C16H22NO2P. The number of rotatable bonds is 5. The van der Waals surface area contributed by atoms with Gasteiger partial charge in [-0.2, -0.15) is 0 Å². The van der Waals surface area contributed by atoms with Crippen LogP contribution >= 0.6 is 9.24 Å². The van der Waals surface area contributed by atoms with Crippen LogP contribution in [0.15, 0.2) is 17.7 Å². The Hall–Kier alpha value is -1.34. The predicted octanol–water partition coefficient (Wildman–Crippen LogP) is 2.95. The summed E-state index contributed by atoms with van der Waals surface area (Å²) in [5.74, 6) is -0.839. The summed E-state index contributed by atoms with van der Waals surface area (Å²) in [5.41, 5.74) is 5.10. The van der Waals surface area contributed by atoms with Crippen LogP contribution in [0.4, 0.5) is 5.69 Å². The lowest BCUT2D eigenvalue weighted by atomic mass is 9.97. The van der Waals surface area contributed by atoms with E-state index in [0.717, 1.165) is 16.6 Å². The van der Waals surface area contributed by atoms with Gasteiger partial charge in [-0.15, -0.1) is 9.24 Å². The predicted molar refractivity (Wildman–Crippen MR) is 87.0 cm³/mol. The molecule has 1 unspecified atom stereocenters. The first-order valence-electron chi connectivity index (χ1n) is 6.97. The number of carboxylic acids is 1. The molecule has 1 atom stereocenters. The van der Waals surface area contributed by atoms with Gasteiger partial charge in [0.25, 0.3) is 0 Å². The lowest BCUT2D eigenvalue weighted by Crippen LogP contribution is -2.14. The SMILES string of the molecule is C/C=C(\Cc1cc(P)c(C)c(C)c1NC1CC1)C(=O)O. The third-order valence-corrected chi connectivity index (χ3v) is 4.55. The fourth-order valence-corrected chi connectivity index (χ4v) is 2.71. The first kappa shape index (κ1) is 15.1. The van der Waals surface area contributed by atoms with Crippen LogP contribution in [-0.4, -0.2) is 17.1 Å². The van der Waals surface area contributed by atoms with Gasteiger partial charge in [0.05, 0.1) is 0 Å². The Balaban J connectivity index is 2.41. The quantitative estimate of drug-likeness (QED) is 0.648. The van der Waals surface area contributed by atoms with E-state index in [1.54, 1.807) is 13.0 Å². The minimum absolute atomic E-state index is 0.441. The number of hydrogen-bond donors (Lipinski definition) is 2. The maximum Gasteiger partial charge on any atom is 0.331 e. The van der Waals surface area contributed by atoms with Gasteiger partial charge in [-0.3, -0.25) is 0 Å². The van der Waals surface area contributed by atoms with Gasteiger partial charge in [0, 0.05) is 23.7 Å². The average molecular weight is 291 g/mol. The highest BCUT2D eigenvalue weighted by Crippen LogP contribution is 2.31. The summed E-state index contributed by atoms with van der Waals surface area (Å²) in [4.78, 5) is 11.2. The number of benzene rings is 1. The van der Waals surface area contributed by atoms with Crippen LogP contribution in [0.1, 0.15) is 36.5 Å². The molecule has 1 aromatic carbocycles. The van der Waals surface area contributed by atoms with Crippen LogP contribution < -0.4 is 10.6 Å². The molecule has 1 saturated carbocycles. The summed E-state index contributed by atoms with van der Waals surface area (Å²) in [5, 5.41) is 13.9. The second-order valence-corrected chi connectivity index (χ2v) is 6.09. The maximum atomic E-state index is 11.2. The second kappa shape index (κ2) is 5.97. The number of allylic oxidation sites excluding steroid dienone is 1. The van der Waals surface area contributed by atoms with Crippen molar-refractivity contribution < 1.29 is 9.90 Å². The number of aliphatic carboxylic acids is 1. The highest BCUT2D eigenvalue weighted by Gasteiger charge is 2.24. The van der Waals surface area contributed by atoms with Crippen molar-refractivity contribution >= 4 is 26.2 Å². The van der Waals surface area contributed by atoms with Crippen LogP contribution in [0.2, 0.25) is 0 Å². The molecule has 1 aliphatic carbocycles. The Morgan fingerprint density at radius 2 is 2.10 bits per heavy atom. The smallest absolute Gasteiger partial charge is 0.331 e. The Labute approximate surface area is 122 Å². The van der Waals surface area contributed by atoms with Gasteiger partial charge in [0.1, 0.15) is 0 Å². The number of hydrogen-bond acceptors (Lipinski definition) is 2. The molecule has 0 radical (unpaired) electrons. The highest BCUT2D eigenvalue weighted by molar-refractivity contribution is 7.27. The number of anilines is 1. The molecule has 3 nitrogen and oxygen atoms in total. The zero-order valence-corrected chi connectivity index (χ0v) is 13.4. The van der Waals surface area contributed by atoms with Gasteiger partial charge in [0.2, 0.25) is 0 Å². The topological polar surface area (TPSA) is 49.3 Å². The van der Waals surface area contributed by atoms with Crippen LogP contribution in [0, 0.1) is 13.8 Å². The molecule has 2 rings (SSSR count). The van der Waals surface area contributed by atoms with E-state index in [1.807, 2.05) is 0 Å². The van der Waals surface area contributed by atoms with Gasteiger partial charge < -0.3 is 10.4 Å². The van der Waals surface area contributed by atoms with Crippen molar-refractivity contribution in [3.63, 3.8) is 0 Å². The average Bonchev–Trinajstić information content (AvgIpc) is 3.21. The van der Waals surface area contributed by atoms with E-state index < -0.39 is 5.97 Å². The van der Waals surface area contributed by atoms with Gasteiger partial charge in [-0.25, -0.2) is 4.79 Å². The van der Waals surface area contributed by atoms with Gasteiger partial charge in [0.15, 0.2) is 0 Å². The van der Waals surface area contributed by atoms with Crippen molar-refractivity contribution in [2.75, 3.05) is 5.32 Å². The van der Waals surface area contributed by atoms with Gasteiger partial charge >= 0.3 is 5.97 Å². The Bertz CT molecular complexity index is 574. The largest absolute Gasteiger partial charge is 0.478 e. The molecule has 2 N–H and O–H groups in total. The molecule has 1 fully saturated rings. The molecule has 0 amide bonds. The molecule has 0 saturated heterocycles. The van der Waals surface area contributed by atoms with Crippen molar-refractivity contribution in [3.05, 3.63) is 34.4 Å². The van der Waals surface area contributed by atoms with Crippen molar-refractivity contribution in [1.29, 1.82) is 0 Å². The minimum Gasteiger partial charge on any atom is -0.478 e. The molecule has 4 heteroatoms. The maximum absolute atomic E-state index is 11.2. The normalized spacial score (nSPS) is 15.3. The Morgan fingerprint density at radius 1 is 1.45 bits per heavy atom. The number of carboxylic acid groups (broad SMARTS) is 1. The highest BCUT2D eigenvalue weighted by atomic mass is 31.0. The molecule has 20 heavy (non-hydrogen) atoms. The number of carbonyl (C=O) groups is 1. The third-order valence-electron chi connectivity index (χ3n) is 3.95. The molecule has 0 bridgehead atoms. The number of nitrogens with one attached hydrogen (secondary N) is 1. The van der Waals surface area contributed by atoms with E-state index in [2.05, 4.69) is 34.5 Å². The van der Waals surface area contributed by atoms with Crippen LogP contribution in [0.5, 0.6) is 0 Å². The summed E-state index contributed by atoms with van der Waals surface area (Å²) in [7, 11) is 2.74. The molecule has 1 aromatic rings. The monoisotopic (exact) mass is 291 g/mol. The van der Waals surface area contributed by atoms with E-state index in [4.69, 9.17) is 0 Å². The minimum atomic E-state index is -0.839. The Morgan fingerprint density at radius 3 is 2.60 bits per heavy atom. The molecule has 0 aromatic heterocycles. The summed E-state index contributed by atoms with van der Waals surface area (Å²) in [6, 6.07) is 2.64. The molecule has 0 heterocycles. The zero-order valence-electron chi connectivity index (χ0n) is 12.3. The lowest BCUT2D eigenvalue weighted by Gasteiger charge is -2.19. The van der Waals surface area contributed by atoms with Gasteiger partial charge in [-0.1, -0.05) is 6.08 Å². The summed E-state index contributed by atoms with van der Waals surface area (Å²) >= 11 is 0. The van der Waals surface area contributed by atoms with E-state index in [-0.39, 0.29) is 0 Å². The third kappa shape index (κ3) is 3.21. The van der Waals surface area contributed by atoms with Gasteiger partial charge in [-0.05, 0) is 61.7 Å². The van der Waals surface area contributed by atoms with Crippen LogP contribution in [0.25, 0.3) is 0 Å². The summed E-state index contributed by atoms with van der Waals surface area (Å²) in [6.07, 6.45) is 4.55. The molecular weight excluding hydrogens is 269 g/mol. The molecule has 108 valence electrons. The van der Waals surface area contributed by atoms with Crippen molar-refractivity contribution in [2.45, 2.75) is 46.1 Å².